The number of rotatable bonds is 9. The second kappa shape index (κ2) is 8.51. The molecule has 0 aliphatic rings. The van der Waals surface area contributed by atoms with Crippen LogP contribution in [-0.4, -0.2) is 22.6 Å². The number of anilines is 1. The van der Waals surface area contributed by atoms with Crippen molar-refractivity contribution >= 4 is 11.7 Å². The lowest BCUT2D eigenvalue weighted by Crippen LogP contribution is -2.08. The number of carboxylic acid groups (broad SMARTS) is 1. The number of aromatic nitrogens is 1. The third kappa shape index (κ3) is 6.22. The van der Waals surface area contributed by atoms with Gasteiger partial charge in [-0.1, -0.05) is 39.5 Å². The highest BCUT2D eigenvalue weighted by molar-refractivity contribution is 5.93. The molecule has 4 nitrogen and oxygen atoms in total. The number of pyridine rings is 1. The minimum atomic E-state index is -0.915. The number of aromatic carboxylic acids is 1. The molecule has 1 rings (SSSR count). The van der Waals surface area contributed by atoms with Gasteiger partial charge in [0.15, 0.2) is 0 Å². The Bertz CT molecular complexity index is 391. The van der Waals surface area contributed by atoms with Crippen LogP contribution in [0.25, 0.3) is 0 Å². The lowest BCUT2D eigenvalue weighted by molar-refractivity contribution is 0.0698. The highest BCUT2D eigenvalue weighted by Gasteiger charge is 2.08. The van der Waals surface area contributed by atoms with Gasteiger partial charge in [0.25, 0.3) is 0 Å². The van der Waals surface area contributed by atoms with Crippen LogP contribution >= 0.6 is 0 Å². The molecule has 0 saturated heterocycles. The minimum Gasteiger partial charge on any atom is -0.478 e. The molecule has 1 aromatic heterocycles. The molecule has 0 atom stereocenters. The molecular formula is C15H24N2O2. The van der Waals surface area contributed by atoms with Gasteiger partial charge in [-0.2, -0.15) is 0 Å². The molecule has 0 saturated carbocycles. The summed E-state index contributed by atoms with van der Waals surface area (Å²) in [5.74, 6) is -0.131. The quantitative estimate of drug-likeness (QED) is 0.666. The topological polar surface area (TPSA) is 62.2 Å². The van der Waals surface area contributed by atoms with E-state index in [0.29, 0.717) is 5.69 Å². The highest BCUT2D eigenvalue weighted by atomic mass is 16.4. The summed E-state index contributed by atoms with van der Waals surface area (Å²) in [5.41, 5.74) is 0.895. The lowest BCUT2D eigenvalue weighted by atomic mass is 10.0. The smallest absolute Gasteiger partial charge is 0.337 e. The predicted octanol–water partition coefficient (Wildman–Crippen LogP) is 3.80. The molecule has 0 bridgehead atoms. The van der Waals surface area contributed by atoms with E-state index in [0.717, 1.165) is 18.9 Å². The van der Waals surface area contributed by atoms with E-state index < -0.39 is 5.97 Å². The number of nitrogens with zero attached hydrogens (tertiary/aromatic N) is 1. The minimum absolute atomic E-state index is 0.287. The zero-order chi connectivity index (χ0) is 14.1. The van der Waals surface area contributed by atoms with Crippen molar-refractivity contribution in [3.8, 4) is 0 Å². The Kier molecular flexibility index (Phi) is 6.93. The van der Waals surface area contributed by atoms with Gasteiger partial charge in [0.1, 0.15) is 0 Å². The molecule has 0 unspecified atom stereocenters. The van der Waals surface area contributed by atoms with Crippen molar-refractivity contribution in [2.24, 2.45) is 5.92 Å². The molecule has 0 aliphatic heterocycles. The van der Waals surface area contributed by atoms with Crippen molar-refractivity contribution in [2.45, 2.75) is 46.0 Å². The molecule has 19 heavy (non-hydrogen) atoms. The standard InChI is InChI=1S/C15H24N2O2/c1-12(2)7-5-3-4-6-9-17-14-11-16-10-8-13(14)15(18)19/h8,10-12,17H,3-7,9H2,1-2H3,(H,18,19). The highest BCUT2D eigenvalue weighted by Crippen LogP contribution is 2.14. The molecule has 1 aromatic rings. The number of carbonyl (C=O) groups is 1. The number of nitrogens with one attached hydrogen (secondary N) is 1. The van der Waals surface area contributed by atoms with Gasteiger partial charge in [0.2, 0.25) is 0 Å². The predicted molar refractivity (Wildman–Crippen MR) is 77.6 cm³/mol. The van der Waals surface area contributed by atoms with E-state index in [9.17, 15) is 4.79 Å². The first-order chi connectivity index (χ1) is 9.11. The Morgan fingerprint density at radius 2 is 2.05 bits per heavy atom. The van der Waals surface area contributed by atoms with E-state index in [1.165, 1.54) is 37.9 Å². The summed E-state index contributed by atoms with van der Waals surface area (Å²) in [6.45, 7) is 5.29. The molecule has 0 radical (unpaired) electrons. The Hall–Kier alpha value is -1.58. The number of hydrogen-bond acceptors (Lipinski definition) is 3. The fourth-order valence-electron chi connectivity index (χ4n) is 1.98. The summed E-state index contributed by atoms with van der Waals surface area (Å²) in [6.07, 6.45) is 9.14. The van der Waals surface area contributed by atoms with Crippen LogP contribution in [0.5, 0.6) is 0 Å². The van der Waals surface area contributed by atoms with E-state index in [1.54, 1.807) is 6.20 Å². The largest absolute Gasteiger partial charge is 0.478 e. The molecule has 0 spiro atoms. The molecule has 0 aliphatic carbocycles. The van der Waals surface area contributed by atoms with Gasteiger partial charge >= 0.3 is 5.97 Å². The van der Waals surface area contributed by atoms with E-state index in [2.05, 4.69) is 24.1 Å². The number of hydrogen-bond donors (Lipinski definition) is 2. The molecule has 0 aromatic carbocycles. The summed E-state index contributed by atoms with van der Waals surface area (Å²) in [4.78, 5) is 14.9. The van der Waals surface area contributed by atoms with Crippen molar-refractivity contribution in [1.82, 2.24) is 4.98 Å². The van der Waals surface area contributed by atoms with Gasteiger partial charge in [0.05, 0.1) is 17.4 Å². The molecule has 106 valence electrons. The van der Waals surface area contributed by atoms with Crippen molar-refractivity contribution in [1.29, 1.82) is 0 Å². The molecule has 1 heterocycles. The van der Waals surface area contributed by atoms with Crippen molar-refractivity contribution < 1.29 is 9.90 Å². The molecule has 0 fully saturated rings. The van der Waals surface area contributed by atoms with E-state index in [4.69, 9.17) is 5.11 Å². The van der Waals surface area contributed by atoms with Crippen LogP contribution in [-0.2, 0) is 0 Å². The number of carboxylic acids is 1. The fourth-order valence-corrected chi connectivity index (χ4v) is 1.98. The molecule has 2 N–H and O–H groups in total. The lowest BCUT2D eigenvalue weighted by Gasteiger charge is -2.09. The zero-order valence-corrected chi connectivity index (χ0v) is 11.9. The summed E-state index contributed by atoms with van der Waals surface area (Å²) >= 11 is 0. The van der Waals surface area contributed by atoms with Crippen molar-refractivity contribution in [3.05, 3.63) is 24.0 Å². The van der Waals surface area contributed by atoms with E-state index in [1.807, 2.05) is 0 Å². The van der Waals surface area contributed by atoms with Crippen LogP contribution in [0.3, 0.4) is 0 Å². The van der Waals surface area contributed by atoms with Crippen LogP contribution in [0.15, 0.2) is 18.5 Å². The third-order valence-electron chi connectivity index (χ3n) is 3.08. The van der Waals surface area contributed by atoms with Gasteiger partial charge in [0, 0.05) is 12.7 Å². The first-order valence-corrected chi connectivity index (χ1v) is 7.02. The maximum absolute atomic E-state index is 11.0. The summed E-state index contributed by atoms with van der Waals surface area (Å²) in [5, 5.41) is 12.2. The van der Waals surface area contributed by atoms with E-state index in [-0.39, 0.29) is 5.56 Å². The van der Waals surface area contributed by atoms with Gasteiger partial charge < -0.3 is 10.4 Å². The Balaban J connectivity index is 2.21. The van der Waals surface area contributed by atoms with Gasteiger partial charge in [-0.25, -0.2) is 4.79 Å². The first-order valence-electron chi connectivity index (χ1n) is 7.02. The van der Waals surface area contributed by atoms with Crippen LogP contribution < -0.4 is 5.32 Å². The van der Waals surface area contributed by atoms with Gasteiger partial charge in [-0.05, 0) is 18.4 Å². The van der Waals surface area contributed by atoms with Crippen LogP contribution in [0, 0.1) is 5.92 Å². The second-order valence-corrected chi connectivity index (χ2v) is 5.25. The van der Waals surface area contributed by atoms with Crippen LogP contribution in [0.4, 0.5) is 5.69 Å². The Morgan fingerprint density at radius 3 is 2.74 bits per heavy atom. The van der Waals surface area contributed by atoms with Crippen molar-refractivity contribution in [2.75, 3.05) is 11.9 Å². The third-order valence-corrected chi connectivity index (χ3v) is 3.08. The average molecular weight is 264 g/mol. The van der Waals surface area contributed by atoms with Crippen LogP contribution in [0.2, 0.25) is 0 Å². The maximum atomic E-state index is 11.0. The average Bonchev–Trinajstić information content (AvgIpc) is 2.37. The second-order valence-electron chi connectivity index (χ2n) is 5.25. The molecule has 0 amide bonds. The Labute approximate surface area is 115 Å². The molecular weight excluding hydrogens is 240 g/mol. The zero-order valence-electron chi connectivity index (χ0n) is 11.9. The maximum Gasteiger partial charge on any atom is 0.337 e. The normalized spacial score (nSPS) is 10.7. The Morgan fingerprint density at radius 1 is 1.32 bits per heavy atom. The number of unbranched alkanes of at least 4 members (excludes halogenated alkanes) is 3. The molecule has 4 heteroatoms. The SMILES string of the molecule is CC(C)CCCCCCNc1cnccc1C(=O)O. The van der Waals surface area contributed by atoms with Crippen molar-refractivity contribution in [3.63, 3.8) is 0 Å². The summed E-state index contributed by atoms with van der Waals surface area (Å²) in [7, 11) is 0. The summed E-state index contributed by atoms with van der Waals surface area (Å²) in [6, 6.07) is 1.52. The fraction of sp³-hybridized carbons (Fsp3) is 0.600. The van der Waals surface area contributed by atoms with Crippen LogP contribution in [0.1, 0.15) is 56.3 Å². The van der Waals surface area contributed by atoms with Gasteiger partial charge in [-0.3, -0.25) is 4.98 Å². The summed E-state index contributed by atoms with van der Waals surface area (Å²) < 4.78 is 0. The van der Waals surface area contributed by atoms with Gasteiger partial charge in [-0.15, -0.1) is 0 Å². The first kappa shape index (κ1) is 15.5. The monoisotopic (exact) mass is 264 g/mol. The van der Waals surface area contributed by atoms with E-state index >= 15 is 0 Å².